The average Bonchev–Trinajstić information content (AvgIpc) is 2.46. The van der Waals surface area contributed by atoms with E-state index in [9.17, 15) is 4.79 Å². The van der Waals surface area contributed by atoms with Crippen molar-refractivity contribution >= 4 is 6.09 Å². The van der Waals surface area contributed by atoms with Gasteiger partial charge in [0.15, 0.2) is 0 Å². The van der Waals surface area contributed by atoms with Gasteiger partial charge in [-0.25, -0.2) is 4.79 Å². The number of hydrogen-bond acceptors (Lipinski definition) is 2. The molecule has 1 aliphatic heterocycles. The van der Waals surface area contributed by atoms with E-state index in [1.165, 1.54) is 0 Å². The summed E-state index contributed by atoms with van der Waals surface area (Å²) in [6.45, 7) is 5.66. The molecular weight excluding hydrogens is 226 g/mol. The van der Waals surface area contributed by atoms with Crippen LogP contribution in [0.3, 0.4) is 0 Å². The molecule has 2 rings (SSSR count). The zero-order chi connectivity index (χ0) is 12.8. The van der Waals surface area contributed by atoms with Gasteiger partial charge < -0.3 is 9.64 Å². The summed E-state index contributed by atoms with van der Waals surface area (Å²) < 4.78 is 5.31. The van der Waals surface area contributed by atoms with Crippen LogP contribution in [0.15, 0.2) is 43.0 Å². The molecule has 3 heteroatoms. The van der Waals surface area contributed by atoms with Crippen LogP contribution >= 0.6 is 0 Å². The monoisotopic (exact) mass is 245 g/mol. The van der Waals surface area contributed by atoms with Crippen molar-refractivity contribution in [3.63, 3.8) is 0 Å². The smallest absolute Gasteiger partial charge is 0.410 e. The molecule has 0 aromatic heterocycles. The number of rotatable bonds is 3. The molecule has 1 aromatic rings. The molecule has 0 aliphatic carbocycles. The molecule has 1 amide bonds. The fourth-order valence-corrected chi connectivity index (χ4v) is 2.18. The minimum atomic E-state index is -0.217. The van der Waals surface area contributed by atoms with Crippen LogP contribution in [-0.4, -0.2) is 24.1 Å². The van der Waals surface area contributed by atoms with Crippen molar-refractivity contribution in [3.05, 3.63) is 48.6 Å². The zero-order valence-electron chi connectivity index (χ0n) is 10.5. The summed E-state index contributed by atoms with van der Waals surface area (Å²) in [5, 5.41) is 0. The first-order valence-electron chi connectivity index (χ1n) is 6.38. The first-order valence-corrected chi connectivity index (χ1v) is 6.38. The number of benzene rings is 1. The summed E-state index contributed by atoms with van der Waals surface area (Å²) in [7, 11) is 0. The van der Waals surface area contributed by atoms with E-state index in [2.05, 4.69) is 6.58 Å². The molecule has 1 aliphatic rings. The van der Waals surface area contributed by atoms with E-state index in [0.717, 1.165) is 31.5 Å². The minimum absolute atomic E-state index is 0.217. The Morgan fingerprint density at radius 3 is 2.94 bits per heavy atom. The Bertz CT molecular complexity index is 402. The van der Waals surface area contributed by atoms with Crippen LogP contribution in [0.2, 0.25) is 0 Å². The highest BCUT2D eigenvalue weighted by molar-refractivity contribution is 5.67. The van der Waals surface area contributed by atoms with E-state index >= 15 is 0 Å². The maximum absolute atomic E-state index is 11.9. The van der Waals surface area contributed by atoms with Crippen LogP contribution in [0.5, 0.6) is 0 Å². The van der Waals surface area contributed by atoms with Gasteiger partial charge in [0, 0.05) is 13.1 Å². The second-order valence-corrected chi connectivity index (χ2v) is 4.62. The number of hydrogen-bond donors (Lipinski definition) is 0. The number of likely N-dealkylation sites (tertiary alicyclic amines) is 1. The van der Waals surface area contributed by atoms with Gasteiger partial charge in [0.05, 0.1) is 0 Å². The summed E-state index contributed by atoms with van der Waals surface area (Å²) in [5.74, 6) is 0.406. The normalized spacial score (nSPS) is 19.3. The number of piperidine rings is 1. The highest BCUT2D eigenvalue weighted by Crippen LogP contribution is 2.18. The molecule has 1 fully saturated rings. The lowest BCUT2D eigenvalue weighted by Gasteiger charge is -2.30. The molecular formula is C15H19NO2. The standard InChI is InChI=1S/C15H19NO2/c1-2-13-9-6-10-16(11-13)15(17)18-12-14-7-4-3-5-8-14/h2-5,7-8,13H,1,6,9-12H2. The molecule has 0 saturated carbocycles. The predicted octanol–water partition coefficient (Wildman–Crippen LogP) is 3.22. The summed E-state index contributed by atoms with van der Waals surface area (Å²) in [6.07, 6.45) is 3.85. The highest BCUT2D eigenvalue weighted by atomic mass is 16.6. The molecule has 3 nitrogen and oxygen atoms in total. The molecule has 1 atom stereocenters. The fraction of sp³-hybridized carbons (Fsp3) is 0.400. The van der Waals surface area contributed by atoms with Gasteiger partial charge in [-0.3, -0.25) is 0 Å². The lowest BCUT2D eigenvalue weighted by molar-refractivity contribution is 0.0836. The van der Waals surface area contributed by atoms with Crippen LogP contribution in [0, 0.1) is 5.92 Å². The Kier molecular flexibility index (Phi) is 4.40. The third kappa shape index (κ3) is 3.36. The van der Waals surface area contributed by atoms with E-state index < -0.39 is 0 Å². The average molecular weight is 245 g/mol. The fourth-order valence-electron chi connectivity index (χ4n) is 2.18. The van der Waals surface area contributed by atoms with Gasteiger partial charge in [-0.05, 0) is 24.3 Å². The van der Waals surface area contributed by atoms with Crippen LogP contribution in [0.1, 0.15) is 18.4 Å². The summed E-state index contributed by atoms with van der Waals surface area (Å²) >= 11 is 0. The highest BCUT2D eigenvalue weighted by Gasteiger charge is 2.22. The quantitative estimate of drug-likeness (QED) is 0.765. The summed E-state index contributed by atoms with van der Waals surface area (Å²) in [5.41, 5.74) is 1.02. The van der Waals surface area contributed by atoms with Crippen LogP contribution in [0.4, 0.5) is 4.79 Å². The van der Waals surface area contributed by atoms with Gasteiger partial charge >= 0.3 is 6.09 Å². The Balaban J connectivity index is 1.82. The Labute approximate surface area is 108 Å². The molecule has 0 N–H and O–H groups in total. The summed E-state index contributed by atoms with van der Waals surface area (Å²) in [6, 6.07) is 9.74. The first-order chi connectivity index (χ1) is 8.79. The zero-order valence-corrected chi connectivity index (χ0v) is 10.5. The largest absolute Gasteiger partial charge is 0.445 e. The van der Waals surface area contributed by atoms with Crippen molar-refractivity contribution in [1.29, 1.82) is 0 Å². The molecule has 1 heterocycles. The van der Waals surface area contributed by atoms with E-state index in [-0.39, 0.29) is 6.09 Å². The van der Waals surface area contributed by atoms with Crippen LogP contribution < -0.4 is 0 Å². The number of carbonyl (C=O) groups is 1. The third-order valence-electron chi connectivity index (χ3n) is 3.25. The van der Waals surface area contributed by atoms with Gasteiger partial charge in [0.2, 0.25) is 0 Å². The van der Waals surface area contributed by atoms with E-state index in [0.29, 0.717) is 12.5 Å². The van der Waals surface area contributed by atoms with Crippen molar-refractivity contribution in [1.82, 2.24) is 4.90 Å². The molecule has 0 bridgehead atoms. The van der Waals surface area contributed by atoms with Crippen LogP contribution in [-0.2, 0) is 11.3 Å². The Morgan fingerprint density at radius 2 is 2.22 bits per heavy atom. The molecule has 96 valence electrons. The van der Waals surface area contributed by atoms with Crippen LogP contribution in [0.25, 0.3) is 0 Å². The molecule has 1 saturated heterocycles. The van der Waals surface area contributed by atoms with Gasteiger partial charge in [0.1, 0.15) is 6.61 Å². The van der Waals surface area contributed by atoms with Crippen molar-refractivity contribution in [3.8, 4) is 0 Å². The first kappa shape index (κ1) is 12.7. The molecule has 1 aromatic carbocycles. The van der Waals surface area contributed by atoms with Crippen molar-refractivity contribution in [2.45, 2.75) is 19.4 Å². The van der Waals surface area contributed by atoms with Gasteiger partial charge in [-0.15, -0.1) is 6.58 Å². The lowest BCUT2D eigenvalue weighted by atomic mass is 9.99. The van der Waals surface area contributed by atoms with Crippen molar-refractivity contribution in [2.24, 2.45) is 5.92 Å². The number of ether oxygens (including phenoxy) is 1. The molecule has 18 heavy (non-hydrogen) atoms. The van der Waals surface area contributed by atoms with E-state index in [4.69, 9.17) is 4.74 Å². The summed E-state index contributed by atoms with van der Waals surface area (Å²) in [4.78, 5) is 13.7. The van der Waals surface area contributed by atoms with Gasteiger partial charge in [-0.1, -0.05) is 36.4 Å². The molecule has 0 spiro atoms. The van der Waals surface area contributed by atoms with Crippen molar-refractivity contribution in [2.75, 3.05) is 13.1 Å². The maximum atomic E-state index is 11.9. The predicted molar refractivity (Wildman–Crippen MR) is 71.1 cm³/mol. The number of carbonyl (C=O) groups excluding carboxylic acids is 1. The Morgan fingerprint density at radius 1 is 1.44 bits per heavy atom. The van der Waals surface area contributed by atoms with E-state index in [1.807, 2.05) is 36.4 Å². The maximum Gasteiger partial charge on any atom is 0.410 e. The number of amides is 1. The molecule has 0 radical (unpaired) electrons. The second kappa shape index (κ2) is 6.24. The number of nitrogens with zero attached hydrogens (tertiary/aromatic N) is 1. The third-order valence-corrected chi connectivity index (χ3v) is 3.25. The minimum Gasteiger partial charge on any atom is -0.445 e. The second-order valence-electron chi connectivity index (χ2n) is 4.62. The molecule has 1 unspecified atom stereocenters. The van der Waals surface area contributed by atoms with Crippen molar-refractivity contribution < 1.29 is 9.53 Å². The lowest BCUT2D eigenvalue weighted by Crippen LogP contribution is -2.39. The van der Waals surface area contributed by atoms with Gasteiger partial charge in [0.25, 0.3) is 0 Å². The topological polar surface area (TPSA) is 29.5 Å². The van der Waals surface area contributed by atoms with Gasteiger partial charge in [-0.2, -0.15) is 0 Å². The Hall–Kier alpha value is -1.77. The SMILES string of the molecule is C=CC1CCCN(C(=O)OCc2ccccc2)C1. The van der Waals surface area contributed by atoms with E-state index in [1.54, 1.807) is 4.90 Å².